The molecule has 0 fully saturated rings. The van der Waals surface area contributed by atoms with Crippen molar-refractivity contribution in [2.24, 2.45) is 5.92 Å². The van der Waals surface area contributed by atoms with E-state index in [-0.39, 0.29) is 5.92 Å². The van der Waals surface area contributed by atoms with Crippen LogP contribution in [0.25, 0.3) is 0 Å². The van der Waals surface area contributed by atoms with Gasteiger partial charge < -0.3 is 4.89 Å². The van der Waals surface area contributed by atoms with Crippen molar-refractivity contribution in [3.05, 3.63) is 0 Å². The Kier molecular flexibility index (Phi) is 12.6. The molecule has 0 bridgehead atoms. The molecule has 2 unspecified atom stereocenters. The van der Waals surface area contributed by atoms with E-state index in [2.05, 4.69) is 11.7 Å². The van der Waals surface area contributed by atoms with Crippen molar-refractivity contribution < 1.29 is 23.2 Å². The van der Waals surface area contributed by atoms with Gasteiger partial charge in [0.1, 0.15) is 0 Å². The Balaban J connectivity index is 3.69. The first-order valence-electron chi connectivity index (χ1n) is 8.24. The highest BCUT2D eigenvalue weighted by atomic mass is 31.2. The molecule has 0 aliphatic carbocycles. The highest BCUT2D eigenvalue weighted by molar-refractivity contribution is 7.47. The zero-order valence-corrected chi connectivity index (χ0v) is 14.6. The minimum absolute atomic E-state index is 0.0506. The molecule has 0 aromatic rings. The van der Waals surface area contributed by atoms with Gasteiger partial charge in [0.05, 0.1) is 6.10 Å². The van der Waals surface area contributed by atoms with E-state index < -0.39 is 13.9 Å². The van der Waals surface area contributed by atoms with E-state index in [1.54, 1.807) is 0 Å². The van der Waals surface area contributed by atoms with Gasteiger partial charge >= 0.3 is 7.82 Å². The number of unbranched alkanes of at least 4 members (excludes halogenated alkanes) is 8. The van der Waals surface area contributed by atoms with Crippen LogP contribution in [0.5, 0.6) is 0 Å². The Labute approximate surface area is 128 Å². The molecule has 0 spiro atoms. The van der Waals surface area contributed by atoms with Gasteiger partial charge in [-0.3, -0.25) is 4.52 Å². The maximum atomic E-state index is 11.9. The Morgan fingerprint density at radius 3 is 1.90 bits per heavy atom. The molecule has 21 heavy (non-hydrogen) atoms. The number of hydrogen-bond acceptors (Lipinski definition) is 3. The van der Waals surface area contributed by atoms with Gasteiger partial charge in [0.2, 0.25) is 0 Å². The van der Waals surface area contributed by atoms with E-state index in [4.69, 9.17) is 9.42 Å². The summed E-state index contributed by atoms with van der Waals surface area (Å²) in [6.07, 6.45) is 11.1. The molecular weight excluding hydrogens is 294 g/mol. The third kappa shape index (κ3) is 12.3. The summed E-state index contributed by atoms with van der Waals surface area (Å²) < 4.78 is 30.8. The molecule has 0 saturated heterocycles. The van der Waals surface area contributed by atoms with E-state index in [9.17, 15) is 9.09 Å². The van der Waals surface area contributed by atoms with Crippen LogP contribution in [0.3, 0.4) is 0 Å². The Hall–Kier alpha value is 0.0400. The van der Waals surface area contributed by atoms with Gasteiger partial charge in [0, 0.05) is 0 Å². The molecule has 1 N–H and O–H groups in total. The second-order valence-electron chi connectivity index (χ2n) is 6.04. The molecule has 0 aliphatic rings. The summed E-state index contributed by atoms with van der Waals surface area (Å²) >= 11 is 0. The number of rotatable bonds is 14. The first-order chi connectivity index (χ1) is 9.93. The zero-order chi connectivity index (χ0) is 16.1. The van der Waals surface area contributed by atoms with Gasteiger partial charge in [-0.05, 0) is 16.9 Å². The predicted octanol–water partition coefficient (Wildman–Crippen LogP) is 5.95. The summed E-state index contributed by atoms with van der Waals surface area (Å²) in [5.41, 5.74) is 0. The molecule has 128 valence electrons. The maximum Gasteiger partial charge on any atom is 0.503 e. The van der Waals surface area contributed by atoms with E-state index in [1.165, 1.54) is 44.9 Å². The normalized spacial score (nSPS) is 16.1. The summed E-state index contributed by atoms with van der Waals surface area (Å²) in [5, 5.41) is 0. The molecule has 4 nitrogen and oxygen atoms in total. The Bertz CT molecular complexity index is 287. The van der Waals surface area contributed by atoms with Crippen LogP contribution in [0.15, 0.2) is 0 Å². The van der Waals surface area contributed by atoms with Crippen LogP contribution in [0.2, 0.25) is 0 Å². The van der Waals surface area contributed by atoms with Crippen molar-refractivity contribution in [1.82, 2.24) is 0 Å². The van der Waals surface area contributed by atoms with Crippen molar-refractivity contribution in [3.8, 4) is 0 Å². The van der Waals surface area contributed by atoms with Crippen LogP contribution in [-0.2, 0) is 13.8 Å². The zero-order valence-electron chi connectivity index (χ0n) is 13.7. The third-order valence-corrected chi connectivity index (χ3v) is 4.40. The lowest BCUT2D eigenvalue weighted by Crippen LogP contribution is -2.18. The lowest BCUT2D eigenvalue weighted by atomic mass is 10.00. The highest BCUT2D eigenvalue weighted by Gasteiger charge is 2.29. The third-order valence-electron chi connectivity index (χ3n) is 3.69. The number of hydrogen-bond donors (Lipinski definition) is 1. The van der Waals surface area contributed by atoms with Crippen molar-refractivity contribution in [3.63, 3.8) is 0 Å². The quantitative estimate of drug-likeness (QED) is 0.316. The van der Waals surface area contributed by atoms with Gasteiger partial charge in [-0.1, -0.05) is 83.3 Å². The molecule has 0 heterocycles. The van der Waals surface area contributed by atoms with Gasteiger partial charge in [-0.15, -0.1) is 0 Å². The SMILES string of the molecule is CCCCCCCCCCCC(OP(=O)(O)OF)C(C)C. The fourth-order valence-electron chi connectivity index (χ4n) is 2.35. The van der Waals surface area contributed by atoms with E-state index in [0.717, 1.165) is 12.8 Å². The smallest absolute Gasteiger partial charge is 0.301 e. The van der Waals surface area contributed by atoms with Crippen molar-refractivity contribution in [2.45, 2.75) is 91.1 Å². The number of phosphoric acid groups is 1. The second kappa shape index (κ2) is 12.6. The van der Waals surface area contributed by atoms with Crippen LogP contribution in [0.4, 0.5) is 4.53 Å². The van der Waals surface area contributed by atoms with Crippen molar-refractivity contribution in [1.29, 1.82) is 0 Å². The Morgan fingerprint density at radius 1 is 1.00 bits per heavy atom. The molecule has 0 amide bonds. The summed E-state index contributed by atoms with van der Waals surface area (Å²) in [7, 11) is -4.53. The lowest BCUT2D eigenvalue weighted by Gasteiger charge is -2.21. The monoisotopic (exact) mass is 326 g/mol. The van der Waals surface area contributed by atoms with E-state index in [1.807, 2.05) is 13.8 Å². The predicted molar refractivity (Wildman–Crippen MR) is 83.6 cm³/mol. The summed E-state index contributed by atoms with van der Waals surface area (Å²) in [6, 6.07) is 0. The van der Waals surface area contributed by atoms with E-state index >= 15 is 0 Å². The summed E-state index contributed by atoms with van der Waals surface area (Å²) in [6.45, 7) is 5.99. The minimum Gasteiger partial charge on any atom is -0.301 e. The molecule has 2 atom stereocenters. The topological polar surface area (TPSA) is 55.8 Å². The summed E-state index contributed by atoms with van der Waals surface area (Å²) in [5.74, 6) is 0.0506. The lowest BCUT2D eigenvalue weighted by molar-refractivity contribution is -0.0610. The minimum atomic E-state index is -4.53. The molecule has 0 aromatic heterocycles. The molecule has 0 rings (SSSR count). The largest absolute Gasteiger partial charge is 0.503 e. The fraction of sp³-hybridized carbons (Fsp3) is 1.00. The van der Waals surface area contributed by atoms with Crippen molar-refractivity contribution >= 4 is 7.82 Å². The summed E-state index contributed by atoms with van der Waals surface area (Å²) in [4.78, 5) is 9.02. The molecule has 0 aromatic carbocycles. The van der Waals surface area contributed by atoms with Gasteiger partial charge in [-0.2, -0.15) is 0 Å². The maximum absolute atomic E-state index is 11.9. The standard InChI is InChI=1S/C15H32FO4P/c1-4-5-6-7-8-9-10-11-12-13-15(14(2)3)19-21(17,18)20-16/h14-15H,4-13H2,1-3H3,(H,17,18). The van der Waals surface area contributed by atoms with Crippen LogP contribution >= 0.6 is 7.82 Å². The first kappa shape index (κ1) is 21.0. The Morgan fingerprint density at radius 2 is 1.48 bits per heavy atom. The average molecular weight is 326 g/mol. The number of halogens is 1. The van der Waals surface area contributed by atoms with Crippen LogP contribution < -0.4 is 0 Å². The van der Waals surface area contributed by atoms with Crippen LogP contribution in [0, 0.1) is 5.92 Å². The first-order valence-corrected chi connectivity index (χ1v) is 9.74. The van der Waals surface area contributed by atoms with Gasteiger partial charge in [0.25, 0.3) is 0 Å². The molecule has 0 radical (unpaired) electrons. The van der Waals surface area contributed by atoms with E-state index in [0.29, 0.717) is 6.42 Å². The van der Waals surface area contributed by atoms with Gasteiger partial charge in [-0.25, -0.2) is 4.57 Å². The van der Waals surface area contributed by atoms with Crippen LogP contribution in [-0.4, -0.2) is 11.0 Å². The molecule has 0 saturated carbocycles. The second-order valence-corrected chi connectivity index (χ2v) is 7.33. The van der Waals surface area contributed by atoms with Gasteiger partial charge in [0.15, 0.2) is 0 Å². The molecule has 0 aliphatic heterocycles. The fourth-order valence-corrected chi connectivity index (χ4v) is 3.07. The average Bonchev–Trinajstić information content (AvgIpc) is 2.44. The molecular formula is C15H32FO4P. The highest BCUT2D eigenvalue weighted by Crippen LogP contribution is 2.46. The number of phosphoric ester groups is 1. The molecule has 6 heteroatoms. The van der Waals surface area contributed by atoms with Crippen LogP contribution in [0.1, 0.15) is 85.0 Å². The van der Waals surface area contributed by atoms with Crippen molar-refractivity contribution in [2.75, 3.05) is 0 Å².